The average molecular weight is 471 g/mol. The van der Waals surface area contributed by atoms with Gasteiger partial charge in [-0.2, -0.15) is 0 Å². The monoisotopic (exact) mass is 470 g/mol. The van der Waals surface area contributed by atoms with Crippen molar-refractivity contribution in [2.24, 2.45) is 11.7 Å². The number of rotatable bonds is 9. The van der Waals surface area contributed by atoms with Crippen molar-refractivity contribution >= 4 is 11.6 Å². The topological polar surface area (TPSA) is 65.6 Å². The maximum absolute atomic E-state index is 8.99. The van der Waals surface area contributed by atoms with Gasteiger partial charge in [0.1, 0.15) is 12.4 Å². The number of nitrogens with two attached hydrogens (primary N) is 1. The second-order valence-corrected chi connectivity index (χ2v) is 9.51. The molecule has 1 aliphatic rings. The average Bonchev–Trinajstić information content (AvgIpc) is 2.90. The van der Waals surface area contributed by atoms with E-state index in [2.05, 4.69) is 83.5 Å². The van der Waals surface area contributed by atoms with Gasteiger partial charge in [-0.1, -0.05) is 60.2 Å². The van der Waals surface area contributed by atoms with Gasteiger partial charge in [-0.05, 0) is 80.5 Å². The highest BCUT2D eigenvalue weighted by molar-refractivity contribution is 5.94. The molecule has 0 spiro atoms. The summed E-state index contributed by atoms with van der Waals surface area (Å²) in [5.74, 6) is 2.09. The van der Waals surface area contributed by atoms with Crippen LogP contribution >= 0.6 is 0 Å². The molecule has 1 heterocycles. The first-order valence-electron chi connectivity index (χ1n) is 12.8. The highest BCUT2D eigenvalue weighted by Gasteiger charge is 2.24. The molecule has 184 valence electrons. The van der Waals surface area contributed by atoms with Crippen molar-refractivity contribution in [2.45, 2.75) is 39.2 Å². The Kier molecular flexibility index (Phi) is 8.79. The quantitative estimate of drug-likeness (QED) is 0.315. The lowest BCUT2D eigenvalue weighted by molar-refractivity contribution is 0.261. The van der Waals surface area contributed by atoms with Gasteiger partial charge in [0.25, 0.3) is 0 Å². The molecular weight excluding hydrogens is 432 g/mol. The van der Waals surface area contributed by atoms with Crippen molar-refractivity contribution in [3.05, 3.63) is 95.6 Å². The van der Waals surface area contributed by atoms with E-state index < -0.39 is 0 Å². The standard InChI is InChI=1S/C30H38N4O/c1-24-8-10-27(11-9-24)23-35-29-14-12-28(13-15-29)34(19-5-18-31)30(32)33-20-16-26(17-21-33)22-25-6-3-2-4-7-25/h2-4,6-15,26,32H,5,16-23,31H2,1H3. The minimum Gasteiger partial charge on any atom is -0.489 e. The van der Waals surface area contributed by atoms with Gasteiger partial charge in [0.2, 0.25) is 0 Å². The van der Waals surface area contributed by atoms with E-state index in [0.29, 0.717) is 25.0 Å². The number of nitrogens with one attached hydrogen (secondary N) is 1. The minimum absolute atomic E-state index is 0.546. The Morgan fingerprint density at radius 1 is 0.943 bits per heavy atom. The number of ether oxygens (including phenoxy) is 1. The molecule has 35 heavy (non-hydrogen) atoms. The predicted octanol–water partition coefficient (Wildman–Crippen LogP) is 5.62. The number of guanidine groups is 1. The van der Waals surface area contributed by atoms with Crippen LogP contribution in [0.25, 0.3) is 0 Å². The molecule has 3 aromatic carbocycles. The number of likely N-dealkylation sites (tertiary alicyclic amines) is 1. The van der Waals surface area contributed by atoms with Gasteiger partial charge in [-0.15, -0.1) is 0 Å². The van der Waals surface area contributed by atoms with Crippen LogP contribution in [0.4, 0.5) is 5.69 Å². The normalized spacial score (nSPS) is 14.1. The third-order valence-corrected chi connectivity index (χ3v) is 6.80. The van der Waals surface area contributed by atoms with Crippen LogP contribution in [-0.4, -0.2) is 37.0 Å². The van der Waals surface area contributed by atoms with E-state index >= 15 is 0 Å². The van der Waals surface area contributed by atoms with Crippen LogP contribution in [0, 0.1) is 18.3 Å². The molecule has 0 atom stereocenters. The predicted molar refractivity (Wildman–Crippen MR) is 145 cm³/mol. The van der Waals surface area contributed by atoms with Crippen molar-refractivity contribution in [2.75, 3.05) is 31.1 Å². The van der Waals surface area contributed by atoms with Crippen molar-refractivity contribution in [3.63, 3.8) is 0 Å². The number of piperidine rings is 1. The summed E-state index contributed by atoms with van der Waals surface area (Å²) in [5, 5.41) is 8.99. The van der Waals surface area contributed by atoms with Crippen LogP contribution < -0.4 is 15.4 Å². The zero-order chi connectivity index (χ0) is 24.5. The molecule has 0 saturated carbocycles. The second kappa shape index (κ2) is 12.4. The number of hydrogen-bond donors (Lipinski definition) is 2. The van der Waals surface area contributed by atoms with Crippen LogP contribution in [0.1, 0.15) is 36.0 Å². The van der Waals surface area contributed by atoms with Gasteiger partial charge in [0.15, 0.2) is 5.96 Å². The van der Waals surface area contributed by atoms with E-state index in [1.165, 1.54) is 11.1 Å². The number of nitrogens with zero attached hydrogens (tertiary/aromatic N) is 2. The summed E-state index contributed by atoms with van der Waals surface area (Å²) in [6.07, 6.45) is 4.21. The minimum atomic E-state index is 0.546. The largest absolute Gasteiger partial charge is 0.489 e. The number of aryl methyl sites for hydroxylation is 1. The summed E-state index contributed by atoms with van der Waals surface area (Å²) >= 11 is 0. The van der Waals surface area contributed by atoms with Crippen molar-refractivity contribution in [1.29, 1.82) is 5.41 Å². The van der Waals surface area contributed by atoms with Gasteiger partial charge in [0, 0.05) is 25.3 Å². The molecule has 3 N–H and O–H groups in total. The Morgan fingerprint density at radius 2 is 1.63 bits per heavy atom. The van der Waals surface area contributed by atoms with Gasteiger partial charge in [-0.25, -0.2) is 0 Å². The Morgan fingerprint density at radius 3 is 2.29 bits per heavy atom. The van der Waals surface area contributed by atoms with Crippen molar-refractivity contribution in [1.82, 2.24) is 4.90 Å². The zero-order valence-electron chi connectivity index (χ0n) is 20.8. The lowest BCUT2D eigenvalue weighted by atomic mass is 9.90. The summed E-state index contributed by atoms with van der Waals surface area (Å²) < 4.78 is 5.98. The second-order valence-electron chi connectivity index (χ2n) is 9.51. The molecule has 0 bridgehead atoms. The molecule has 0 radical (unpaired) electrons. The highest BCUT2D eigenvalue weighted by atomic mass is 16.5. The maximum Gasteiger partial charge on any atom is 0.198 e. The summed E-state index contributed by atoms with van der Waals surface area (Å²) in [6, 6.07) is 27.3. The number of anilines is 1. The Hall–Kier alpha value is -3.31. The van der Waals surface area contributed by atoms with E-state index in [0.717, 1.165) is 62.3 Å². The lowest BCUT2D eigenvalue weighted by Gasteiger charge is -2.38. The van der Waals surface area contributed by atoms with Gasteiger partial charge < -0.3 is 20.3 Å². The number of benzene rings is 3. The van der Waals surface area contributed by atoms with E-state index in [1.54, 1.807) is 0 Å². The third kappa shape index (κ3) is 7.09. The fourth-order valence-electron chi connectivity index (χ4n) is 4.65. The molecule has 1 saturated heterocycles. The van der Waals surface area contributed by atoms with Gasteiger partial charge >= 0.3 is 0 Å². The third-order valence-electron chi connectivity index (χ3n) is 6.80. The van der Waals surface area contributed by atoms with Crippen LogP contribution in [-0.2, 0) is 13.0 Å². The Balaban J connectivity index is 1.34. The Bertz CT molecular complexity index is 1040. The first-order valence-corrected chi connectivity index (χ1v) is 12.8. The first-order chi connectivity index (χ1) is 17.1. The van der Waals surface area contributed by atoms with Gasteiger partial charge in [0.05, 0.1) is 0 Å². The van der Waals surface area contributed by atoms with Crippen molar-refractivity contribution in [3.8, 4) is 5.75 Å². The fraction of sp³-hybridized carbons (Fsp3) is 0.367. The van der Waals surface area contributed by atoms with E-state index in [1.807, 2.05) is 12.1 Å². The van der Waals surface area contributed by atoms with E-state index in [9.17, 15) is 0 Å². The molecule has 0 amide bonds. The molecule has 5 nitrogen and oxygen atoms in total. The smallest absolute Gasteiger partial charge is 0.198 e. The SMILES string of the molecule is Cc1ccc(COc2ccc(N(CCCN)C(=N)N3CCC(Cc4ccccc4)CC3)cc2)cc1. The molecule has 3 aromatic rings. The summed E-state index contributed by atoms with van der Waals surface area (Å²) in [5.41, 5.74) is 10.6. The maximum atomic E-state index is 8.99. The molecule has 1 fully saturated rings. The van der Waals surface area contributed by atoms with Crippen LogP contribution in [0.15, 0.2) is 78.9 Å². The fourth-order valence-corrected chi connectivity index (χ4v) is 4.65. The summed E-state index contributed by atoms with van der Waals surface area (Å²) in [7, 11) is 0. The first kappa shape index (κ1) is 24.8. The summed E-state index contributed by atoms with van der Waals surface area (Å²) in [4.78, 5) is 4.31. The molecule has 5 heteroatoms. The Labute approximate surface area is 210 Å². The van der Waals surface area contributed by atoms with E-state index in [-0.39, 0.29) is 0 Å². The molecule has 0 aromatic heterocycles. The zero-order valence-corrected chi connectivity index (χ0v) is 20.8. The molecule has 0 unspecified atom stereocenters. The molecule has 4 rings (SSSR count). The van der Waals surface area contributed by atoms with Crippen LogP contribution in [0.5, 0.6) is 5.75 Å². The van der Waals surface area contributed by atoms with Crippen LogP contribution in [0.3, 0.4) is 0 Å². The van der Waals surface area contributed by atoms with Crippen molar-refractivity contribution < 1.29 is 4.74 Å². The van der Waals surface area contributed by atoms with E-state index in [4.69, 9.17) is 15.9 Å². The summed E-state index contributed by atoms with van der Waals surface area (Å²) in [6.45, 7) is 5.83. The lowest BCUT2D eigenvalue weighted by Crippen LogP contribution is -2.48. The van der Waals surface area contributed by atoms with Crippen LogP contribution in [0.2, 0.25) is 0 Å². The molecule has 1 aliphatic heterocycles. The highest BCUT2D eigenvalue weighted by Crippen LogP contribution is 2.25. The molecular formula is C30H38N4O. The molecule has 0 aliphatic carbocycles. The van der Waals surface area contributed by atoms with Gasteiger partial charge in [-0.3, -0.25) is 5.41 Å². The number of hydrogen-bond acceptors (Lipinski definition) is 3.